The van der Waals surface area contributed by atoms with E-state index in [0.29, 0.717) is 17.8 Å². The van der Waals surface area contributed by atoms with E-state index in [1.54, 1.807) is 0 Å². The van der Waals surface area contributed by atoms with Crippen LogP contribution in [-0.4, -0.2) is 52.8 Å². The van der Waals surface area contributed by atoms with Crippen molar-refractivity contribution in [2.75, 3.05) is 13.7 Å². The van der Waals surface area contributed by atoms with Crippen molar-refractivity contribution in [3.63, 3.8) is 0 Å². The van der Waals surface area contributed by atoms with E-state index in [2.05, 4.69) is 5.32 Å². The Morgan fingerprint density at radius 1 is 1.36 bits per heavy atom. The lowest BCUT2D eigenvalue weighted by atomic mass is 9.84. The molecule has 0 unspecified atom stereocenters. The summed E-state index contributed by atoms with van der Waals surface area (Å²) in [7, 11) is 1.40. The highest BCUT2D eigenvalue weighted by Gasteiger charge is 2.53. The topological polar surface area (TPSA) is 67.9 Å². The minimum atomic E-state index is -0.641. The summed E-state index contributed by atoms with van der Waals surface area (Å²) in [6.45, 7) is 6.16. The molecule has 2 rings (SSSR count). The van der Waals surface area contributed by atoms with Crippen LogP contribution in [0.3, 0.4) is 0 Å². The van der Waals surface area contributed by atoms with Gasteiger partial charge in [0.1, 0.15) is 16.1 Å². The van der Waals surface area contributed by atoms with Gasteiger partial charge in [0.05, 0.1) is 13.2 Å². The number of piperidine rings is 1. The third-order valence-electron chi connectivity index (χ3n) is 4.16. The number of nitrogens with one attached hydrogen (secondary N) is 1. The van der Waals surface area contributed by atoms with Crippen molar-refractivity contribution < 1.29 is 19.1 Å². The van der Waals surface area contributed by atoms with Gasteiger partial charge in [-0.3, -0.25) is 0 Å². The van der Waals surface area contributed by atoms with E-state index in [9.17, 15) is 9.59 Å². The fourth-order valence-electron chi connectivity index (χ4n) is 3.24. The molecule has 2 aliphatic heterocycles. The third kappa shape index (κ3) is 3.19. The number of fused-ring (bicyclic) bond motifs is 1. The molecule has 0 radical (unpaired) electrons. The Hall–Kier alpha value is -1.37. The maximum atomic E-state index is 12.2. The average molecular weight is 328 g/mol. The second-order valence-corrected chi connectivity index (χ2v) is 7.27. The van der Waals surface area contributed by atoms with E-state index < -0.39 is 17.2 Å². The number of rotatable bonds is 2. The summed E-state index contributed by atoms with van der Waals surface area (Å²) in [5, 5.41) is 2.82. The number of nitrogens with zero attached hydrogens (tertiary/aromatic N) is 1. The summed E-state index contributed by atoms with van der Waals surface area (Å²) >= 11 is 5.51. The van der Waals surface area contributed by atoms with Crippen LogP contribution in [0.5, 0.6) is 0 Å². The molecule has 1 amide bonds. The lowest BCUT2D eigenvalue weighted by Gasteiger charge is -2.44. The van der Waals surface area contributed by atoms with Crippen molar-refractivity contribution in [2.24, 2.45) is 0 Å². The first-order valence-electron chi connectivity index (χ1n) is 7.59. The molecule has 0 saturated carbocycles. The summed E-state index contributed by atoms with van der Waals surface area (Å²) in [6.07, 6.45) is 2.40. The van der Waals surface area contributed by atoms with E-state index in [0.717, 1.165) is 19.4 Å². The Morgan fingerprint density at radius 2 is 2.05 bits per heavy atom. The zero-order chi connectivity index (χ0) is 16.5. The number of methoxy groups -OCH3 is 1. The van der Waals surface area contributed by atoms with Crippen LogP contribution in [-0.2, 0) is 14.3 Å². The van der Waals surface area contributed by atoms with Gasteiger partial charge in [0.2, 0.25) is 0 Å². The second kappa shape index (κ2) is 6.02. The Labute approximate surface area is 136 Å². The third-order valence-corrected chi connectivity index (χ3v) is 4.66. The van der Waals surface area contributed by atoms with Crippen LogP contribution in [0.2, 0.25) is 0 Å². The van der Waals surface area contributed by atoms with Crippen LogP contribution in [0, 0.1) is 0 Å². The number of amides is 1. The monoisotopic (exact) mass is 328 g/mol. The highest BCUT2D eigenvalue weighted by Crippen LogP contribution is 2.39. The number of carbonyl (C=O) groups is 2. The highest BCUT2D eigenvalue weighted by molar-refractivity contribution is 7.80. The number of alkyl carbamates (subject to hydrolysis) is 1. The van der Waals surface area contributed by atoms with Gasteiger partial charge in [-0.05, 0) is 46.5 Å². The molecule has 0 spiro atoms. The summed E-state index contributed by atoms with van der Waals surface area (Å²) in [6, 6.07) is -0.277. The van der Waals surface area contributed by atoms with E-state index >= 15 is 0 Å². The first kappa shape index (κ1) is 17.0. The smallest absolute Gasteiger partial charge is 0.408 e. The van der Waals surface area contributed by atoms with Crippen LogP contribution in [0.4, 0.5) is 4.79 Å². The van der Waals surface area contributed by atoms with E-state index in [-0.39, 0.29) is 12.0 Å². The Morgan fingerprint density at radius 3 is 2.64 bits per heavy atom. The molecule has 2 saturated heterocycles. The first-order valence-corrected chi connectivity index (χ1v) is 8.00. The molecular formula is C15H24N2O4S. The minimum absolute atomic E-state index is 0.233. The molecule has 1 N–H and O–H groups in total. The molecule has 0 aromatic rings. The van der Waals surface area contributed by atoms with Crippen molar-refractivity contribution in [3.05, 3.63) is 0 Å². The average Bonchev–Trinajstić information content (AvgIpc) is 2.85. The molecule has 0 aliphatic carbocycles. The number of hydrogen-bond donors (Lipinski definition) is 1. The Kier molecular flexibility index (Phi) is 4.65. The number of hydrogen-bond acceptors (Lipinski definition) is 5. The summed E-state index contributed by atoms with van der Waals surface area (Å²) in [5.74, 6) is -0.233. The fourth-order valence-corrected chi connectivity index (χ4v) is 3.69. The predicted octanol–water partition coefficient (Wildman–Crippen LogP) is 2.01. The van der Waals surface area contributed by atoms with Crippen molar-refractivity contribution in [1.29, 1.82) is 0 Å². The van der Waals surface area contributed by atoms with Gasteiger partial charge >= 0.3 is 12.1 Å². The quantitative estimate of drug-likeness (QED) is 0.618. The second-order valence-electron chi connectivity index (χ2n) is 6.85. The molecule has 124 valence electrons. The molecule has 0 aromatic carbocycles. The van der Waals surface area contributed by atoms with Gasteiger partial charge in [-0.25, -0.2) is 9.59 Å². The first-order chi connectivity index (χ1) is 10.2. The van der Waals surface area contributed by atoms with Crippen LogP contribution < -0.4 is 5.32 Å². The highest BCUT2D eigenvalue weighted by atomic mass is 32.1. The molecule has 2 fully saturated rings. The molecule has 22 heavy (non-hydrogen) atoms. The van der Waals surface area contributed by atoms with E-state index in [4.69, 9.17) is 21.7 Å². The Balaban J connectivity index is 2.07. The van der Waals surface area contributed by atoms with Gasteiger partial charge in [0, 0.05) is 6.54 Å². The molecule has 0 bridgehead atoms. The normalized spacial score (nSPS) is 28.1. The molecular weight excluding hydrogens is 304 g/mol. The summed E-state index contributed by atoms with van der Waals surface area (Å²) in [5.41, 5.74) is -1.19. The summed E-state index contributed by atoms with van der Waals surface area (Å²) < 4.78 is 10.2. The van der Waals surface area contributed by atoms with Crippen LogP contribution >= 0.6 is 12.2 Å². The summed E-state index contributed by atoms with van der Waals surface area (Å²) in [4.78, 5) is 26.7. The van der Waals surface area contributed by atoms with Gasteiger partial charge in [-0.2, -0.15) is 0 Å². The molecule has 0 aromatic heterocycles. The molecule has 2 heterocycles. The SMILES string of the molecule is COC(=O)[C@]12CCCN1C(=S)[C@H](NC(=O)OC(C)(C)C)CC2. The van der Waals surface area contributed by atoms with Gasteiger partial charge < -0.3 is 19.7 Å². The van der Waals surface area contributed by atoms with Crippen molar-refractivity contribution in [3.8, 4) is 0 Å². The van der Waals surface area contributed by atoms with Crippen LogP contribution in [0.15, 0.2) is 0 Å². The zero-order valence-corrected chi connectivity index (χ0v) is 14.4. The van der Waals surface area contributed by atoms with Crippen molar-refractivity contribution >= 4 is 29.3 Å². The number of thiocarbonyl (C=S) groups is 1. The number of esters is 1. The van der Waals surface area contributed by atoms with Gasteiger partial charge in [0.15, 0.2) is 0 Å². The zero-order valence-electron chi connectivity index (χ0n) is 13.6. The lowest BCUT2D eigenvalue weighted by Crippen LogP contribution is -2.62. The van der Waals surface area contributed by atoms with Crippen LogP contribution in [0.25, 0.3) is 0 Å². The van der Waals surface area contributed by atoms with Gasteiger partial charge in [0.25, 0.3) is 0 Å². The van der Waals surface area contributed by atoms with E-state index in [1.807, 2.05) is 25.7 Å². The van der Waals surface area contributed by atoms with E-state index in [1.165, 1.54) is 7.11 Å². The number of carbonyl (C=O) groups excluding carboxylic acids is 2. The van der Waals surface area contributed by atoms with Gasteiger partial charge in [-0.15, -0.1) is 0 Å². The standard InChI is InChI=1S/C15H24N2O4S/c1-14(2,3)21-13(19)16-10-6-8-15(12(18)20-4)7-5-9-17(15)11(10)22/h10H,5-9H2,1-4H3,(H,16,19)/t10-,15-/m1/s1. The fraction of sp³-hybridized carbons (Fsp3) is 0.800. The lowest BCUT2D eigenvalue weighted by molar-refractivity contribution is -0.152. The number of ether oxygens (including phenoxy) is 2. The maximum Gasteiger partial charge on any atom is 0.408 e. The van der Waals surface area contributed by atoms with Crippen molar-refractivity contribution in [2.45, 2.75) is 63.6 Å². The van der Waals surface area contributed by atoms with Crippen molar-refractivity contribution in [1.82, 2.24) is 10.2 Å². The molecule has 2 atom stereocenters. The minimum Gasteiger partial charge on any atom is -0.467 e. The van der Waals surface area contributed by atoms with Crippen LogP contribution in [0.1, 0.15) is 46.5 Å². The predicted molar refractivity (Wildman–Crippen MR) is 85.7 cm³/mol. The maximum absolute atomic E-state index is 12.2. The largest absolute Gasteiger partial charge is 0.467 e. The molecule has 6 nitrogen and oxygen atoms in total. The molecule has 7 heteroatoms. The Bertz CT molecular complexity index is 488. The molecule has 2 aliphatic rings. The van der Waals surface area contributed by atoms with Gasteiger partial charge in [-0.1, -0.05) is 12.2 Å².